The first-order chi connectivity index (χ1) is 8.40. The molecule has 0 aromatic heterocycles. The average molecular weight is 228 g/mol. The molecule has 0 aliphatic heterocycles. The highest BCUT2D eigenvalue weighted by Crippen LogP contribution is 2.23. The molecule has 0 saturated heterocycles. The SMILES string of the molecule is CC.O=Cc1ccccc1Oc1ccccc1. The molecule has 0 N–H and O–H groups in total. The normalized spacial score (nSPS) is 8.82. The van der Waals surface area contributed by atoms with Gasteiger partial charge in [0.25, 0.3) is 0 Å². The Bertz CT molecular complexity index is 449. The summed E-state index contributed by atoms with van der Waals surface area (Å²) in [5.74, 6) is 1.31. The molecule has 0 aliphatic rings. The number of hydrogen-bond donors (Lipinski definition) is 0. The minimum Gasteiger partial charge on any atom is -0.457 e. The van der Waals surface area contributed by atoms with E-state index in [1.165, 1.54) is 0 Å². The van der Waals surface area contributed by atoms with Crippen LogP contribution in [0.2, 0.25) is 0 Å². The van der Waals surface area contributed by atoms with Crippen LogP contribution in [0.4, 0.5) is 0 Å². The summed E-state index contributed by atoms with van der Waals surface area (Å²) >= 11 is 0. The van der Waals surface area contributed by atoms with Gasteiger partial charge in [0.05, 0.1) is 5.56 Å². The molecule has 2 rings (SSSR count). The van der Waals surface area contributed by atoms with Crippen LogP contribution in [0.15, 0.2) is 54.6 Å². The van der Waals surface area contributed by atoms with Crippen molar-refractivity contribution in [2.75, 3.05) is 0 Å². The monoisotopic (exact) mass is 228 g/mol. The van der Waals surface area contributed by atoms with E-state index in [-0.39, 0.29) is 0 Å². The van der Waals surface area contributed by atoms with Gasteiger partial charge in [-0.1, -0.05) is 44.2 Å². The maximum absolute atomic E-state index is 10.7. The lowest BCUT2D eigenvalue weighted by atomic mass is 10.2. The maximum Gasteiger partial charge on any atom is 0.153 e. The molecule has 2 aromatic carbocycles. The first kappa shape index (κ1) is 13.0. The van der Waals surface area contributed by atoms with Crippen molar-refractivity contribution in [1.82, 2.24) is 0 Å². The van der Waals surface area contributed by atoms with Crippen LogP contribution in [0.1, 0.15) is 24.2 Å². The van der Waals surface area contributed by atoms with Crippen molar-refractivity contribution in [3.05, 3.63) is 60.2 Å². The molecule has 0 radical (unpaired) electrons. The van der Waals surface area contributed by atoms with Crippen molar-refractivity contribution in [2.24, 2.45) is 0 Å². The van der Waals surface area contributed by atoms with Gasteiger partial charge in [0.15, 0.2) is 6.29 Å². The number of carbonyl (C=O) groups excluding carboxylic acids is 1. The Morgan fingerprint density at radius 2 is 1.47 bits per heavy atom. The van der Waals surface area contributed by atoms with Gasteiger partial charge in [-0.15, -0.1) is 0 Å². The average Bonchev–Trinajstić information content (AvgIpc) is 2.43. The summed E-state index contributed by atoms with van der Waals surface area (Å²) in [5.41, 5.74) is 0.557. The fourth-order valence-corrected chi connectivity index (χ4v) is 1.29. The van der Waals surface area contributed by atoms with Gasteiger partial charge in [0, 0.05) is 0 Å². The minimum absolute atomic E-state index is 0.557. The van der Waals surface area contributed by atoms with Crippen molar-refractivity contribution in [1.29, 1.82) is 0 Å². The number of aldehydes is 1. The summed E-state index contributed by atoms with van der Waals surface area (Å²) in [5, 5.41) is 0. The molecule has 2 heteroatoms. The second-order valence-corrected chi connectivity index (χ2v) is 3.07. The zero-order valence-corrected chi connectivity index (χ0v) is 10.1. The molecule has 0 saturated carbocycles. The van der Waals surface area contributed by atoms with Gasteiger partial charge in [-0.25, -0.2) is 0 Å². The highest BCUT2D eigenvalue weighted by molar-refractivity contribution is 5.79. The fraction of sp³-hybridized carbons (Fsp3) is 0.133. The standard InChI is InChI=1S/C13H10O2.C2H6/c14-10-11-6-4-5-9-13(11)15-12-7-2-1-3-8-12;1-2/h1-10H;1-2H3. The Balaban J connectivity index is 0.000000686. The summed E-state index contributed by atoms with van der Waals surface area (Å²) < 4.78 is 5.57. The summed E-state index contributed by atoms with van der Waals surface area (Å²) in [6.07, 6.45) is 0.790. The van der Waals surface area contributed by atoms with E-state index >= 15 is 0 Å². The van der Waals surface area contributed by atoms with Crippen LogP contribution in [0.25, 0.3) is 0 Å². The molecule has 88 valence electrons. The summed E-state index contributed by atoms with van der Waals surface area (Å²) in [6.45, 7) is 4.00. The summed E-state index contributed by atoms with van der Waals surface area (Å²) in [7, 11) is 0. The highest BCUT2D eigenvalue weighted by Gasteiger charge is 2.01. The van der Waals surface area contributed by atoms with E-state index in [1.54, 1.807) is 12.1 Å². The molecule has 0 fully saturated rings. The number of hydrogen-bond acceptors (Lipinski definition) is 2. The lowest BCUT2D eigenvalue weighted by Gasteiger charge is -2.06. The molecule has 0 amide bonds. The van der Waals surface area contributed by atoms with E-state index in [0.717, 1.165) is 12.0 Å². The molecule has 0 bridgehead atoms. The third-order valence-corrected chi connectivity index (χ3v) is 2.02. The van der Waals surface area contributed by atoms with E-state index < -0.39 is 0 Å². The zero-order chi connectivity index (χ0) is 12.5. The number of rotatable bonds is 3. The van der Waals surface area contributed by atoms with E-state index in [4.69, 9.17) is 4.74 Å². The smallest absolute Gasteiger partial charge is 0.153 e. The van der Waals surface area contributed by atoms with Gasteiger partial charge in [0.1, 0.15) is 11.5 Å². The van der Waals surface area contributed by atoms with Crippen LogP contribution in [0.3, 0.4) is 0 Å². The minimum atomic E-state index is 0.557. The molecule has 0 heterocycles. The predicted molar refractivity (Wildman–Crippen MR) is 69.7 cm³/mol. The van der Waals surface area contributed by atoms with Crippen LogP contribution in [0.5, 0.6) is 11.5 Å². The molecule has 2 nitrogen and oxygen atoms in total. The summed E-state index contributed by atoms with van der Waals surface area (Å²) in [4.78, 5) is 10.7. The topological polar surface area (TPSA) is 26.3 Å². The van der Waals surface area contributed by atoms with E-state index in [1.807, 2.05) is 56.3 Å². The molecule has 0 atom stereocenters. The fourth-order valence-electron chi connectivity index (χ4n) is 1.29. The number of para-hydroxylation sites is 2. The van der Waals surface area contributed by atoms with Crippen LogP contribution in [0, 0.1) is 0 Å². The predicted octanol–water partition coefficient (Wildman–Crippen LogP) is 4.32. The molecular formula is C15H16O2. The highest BCUT2D eigenvalue weighted by atomic mass is 16.5. The van der Waals surface area contributed by atoms with Gasteiger partial charge in [-0.05, 0) is 24.3 Å². The van der Waals surface area contributed by atoms with E-state index in [9.17, 15) is 4.79 Å². The Kier molecular flexibility index (Phi) is 5.52. The Labute approximate surface area is 102 Å². The third-order valence-electron chi connectivity index (χ3n) is 2.02. The number of ether oxygens (including phenoxy) is 1. The molecule has 2 aromatic rings. The molecule has 0 spiro atoms. The van der Waals surface area contributed by atoms with Crippen molar-refractivity contribution >= 4 is 6.29 Å². The second-order valence-electron chi connectivity index (χ2n) is 3.07. The first-order valence-corrected chi connectivity index (χ1v) is 5.67. The third kappa shape index (κ3) is 3.76. The Hall–Kier alpha value is -2.09. The molecule has 0 unspecified atom stereocenters. The summed E-state index contributed by atoms with van der Waals surface area (Å²) in [6, 6.07) is 16.5. The number of carbonyl (C=O) groups is 1. The van der Waals surface area contributed by atoms with Crippen molar-refractivity contribution in [3.8, 4) is 11.5 Å². The largest absolute Gasteiger partial charge is 0.457 e. The van der Waals surface area contributed by atoms with Crippen LogP contribution in [-0.4, -0.2) is 6.29 Å². The maximum atomic E-state index is 10.7. The van der Waals surface area contributed by atoms with Gasteiger partial charge in [-0.2, -0.15) is 0 Å². The van der Waals surface area contributed by atoms with Gasteiger partial charge in [0.2, 0.25) is 0 Å². The quantitative estimate of drug-likeness (QED) is 0.731. The van der Waals surface area contributed by atoms with Crippen molar-refractivity contribution in [2.45, 2.75) is 13.8 Å². The second kappa shape index (κ2) is 7.23. The first-order valence-electron chi connectivity index (χ1n) is 5.67. The Morgan fingerprint density at radius 1 is 0.882 bits per heavy atom. The Morgan fingerprint density at radius 3 is 2.12 bits per heavy atom. The van der Waals surface area contributed by atoms with E-state index in [0.29, 0.717) is 11.3 Å². The van der Waals surface area contributed by atoms with Crippen LogP contribution >= 0.6 is 0 Å². The van der Waals surface area contributed by atoms with Crippen LogP contribution in [-0.2, 0) is 0 Å². The molecular weight excluding hydrogens is 212 g/mol. The number of benzene rings is 2. The van der Waals surface area contributed by atoms with E-state index in [2.05, 4.69) is 0 Å². The van der Waals surface area contributed by atoms with Gasteiger partial charge < -0.3 is 4.74 Å². The zero-order valence-electron chi connectivity index (χ0n) is 10.1. The lowest BCUT2D eigenvalue weighted by Crippen LogP contribution is -1.89. The molecule has 0 aliphatic carbocycles. The van der Waals surface area contributed by atoms with Crippen molar-refractivity contribution < 1.29 is 9.53 Å². The van der Waals surface area contributed by atoms with Gasteiger partial charge in [-0.3, -0.25) is 4.79 Å². The van der Waals surface area contributed by atoms with Crippen molar-refractivity contribution in [3.63, 3.8) is 0 Å². The van der Waals surface area contributed by atoms with Gasteiger partial charge >= 0.3 is 0 Å². The molecule has 17 heavy (non-hydrogen) atoms. The lowest BCUT2D eigenvalue weighted by molar-refractivity contribution is 0.112. The van der Waals surface area contributed by atoms with Crippen LogP contribution < -0.4 is 4.74 Å².